The van der Waals surface area contributed by atoms with Gasteiger partial charge in [-0.25, -0.2) is 4.68 Å². The molecule has 1 aromatic heterocycles. The maximum Gasteiger partial charge on any atom is 0.276 e. The first kappa shape index (κ1) is 16.5. The van der Waals surface area contributed by atoms with Crippen molar-refractivity contribution < 1.29 is 9.53 Å². The van der Waals surface area contributed by atoms with Crippen molar-refractivity contribution in [1.82, 2.24) is 9.78 Å². The minimum Gasteiger partial charge on any atom is -0.470 e. The second-order valence-electron chi connectivity index (χ2n) is 4.91. The molecular weight excluding hydrogens is 394 g/mol. The molecule has 0 bridgehead atoms. The summed E-state index contributed by atoms with van der Waals surface area (Å²) in [6.07, 6.45) is 1.68. The number of ether oxygens (including phenoxy) is 1. The molecule has 0 unspecified atom stereocenters. The third-order valence-corrected chi connectivity index (χ3v) is 4.01. The van der Waals surface area contributed by atoms with E-state index in [0.29, 0.717) is 16.5 Å². The van der Waals surface area contributed by atoms with Crippen LogP contribution in [0.4, 0.5) is 5.69 Å². The number of carbonyl (C=O) groups excluding carboxylic acids is 1. The number of nitrogens with one attached hydrogen (secondary N) is 1. The van der Waals surface area contributed by atoms with Crippen molar-refractivity contribution in [3.8, 4) is 5.75 Å². The van der Waals surface area contributed by atoms with Gasteiger partial charge in [-0.3, -0.25) is 4.79 Å². The van der Waals surface area contributed by atoms with Crippen molar-refractivity contribution >= 4 is 39.1 Å². The van der Waals surface area contributed by atoms with Gasteiger partial charge in [0.2, 0.25) is 0 Å². The van der Waals surface area contributed by atoms with Crippen molar-refractivity contribution in [1.29, 1.82) is 0 Å². The van der Waals surface area contributed by atoms with Crippen molar-refractivity contribution in [2.24, 2.45) is 0 Å². The highest BCUT2D eigenvalue weighted by molar-refractivity contribution is 9.10. The molecule has 24 heavy (non-hydrogen) atoms. The van der Waals surface area contributed by atoms with Crippen LogP contribution in [0.25, 0.3) is 0 Å². The molecular formula is C17H13BrClN3O2. The van der Waals surface area contributed by atoms with Gasteiger partial charge in [0.1, 0.15) is 5.75 Å². The van der Waals surface area contributed by atoms with Gasteiger partial charge in [0.25, 0.3) is 5.91 Å². The summed E-state index contributed by atoms with van der Waals surface area (Å²) in [6.45, 7) is 0.179. The van der Waals surface area contributed by atoms with Gasteiger partial charge in [0.15, 0.2) is 12.4 Å². The molecule has 0 atom stereocenters. The zero-order valence-corrected chi connectivity index (χ0v) is 14.8. The van der Waals surface area contributed by atoms with Crippen LogP contribution in [-0.2, 0) is 6.73 Å². The van der Waals surface area contributed by atoms with Crippen molar-refractivity contribution in [2.45, 2.75) is 6.73 Å². The average molecular weight is 407 g/mol. The lowest BCUT2D eigenvalue weighted by Gasteiger charge is -2.08. The zero-order chi connectivity index (χ0) is 16.9. The number of amides is 1. The summed E-state index contributed by atoms with van der Waals surface area (Å²) in [5, 5.41) is 7.61. The summed E-state index contributed by atoms with van der Waals surface area (Å²) < 4.78 is 7.95. The number of halogens is 2. The number of hydrogen-bond acceptors (Lipinski definition) is 3. The number of benzene rings is 2. The van der Waals surface area contributed by atoms with E-state index in [1.165, 1.54) is 0 Å². The van der Waals surface area contributed by atoms with Gasteiger partial charge in [-0.1, -0.05) is 29.8 Å². The summed E-state index contributed by atoms with van der Waals surface area (Å²) in [4.78, 5) is 12.1. The predicted octanol–water partition coefficient (Wildman–Crippen LogP) is 4.59. The highest BCUT2D eigenvalue weighted by Crippen LogP contribution is 2.28. The summed E-state index contributed by atoms with van der Waals surface area (Å²) in [7, 11) is 0. The molecule has 0 aliphatic rings. The molecule has 0 saturated heterocycles. The normalized spacial score (nSPS) is 10.4. The Labute approximate surface area is 152 Å². The van der Waals surface area contributed by atoms with Crippen LogP contribution < -0.4 is 10.1 Å². The second kappa shape index (κ2) is 7.51. The molecule has 1 amide bonds. The van der Waals surface area contributed by atoms with Crippen LogP contribution >= 0.6 is 27.5 Å². The maximum atomic E-state index is 12.1. The van der Waals surface area contributed by atoms with E-state index in [1.807, 2.05) is 30.3 Å². The van der Waals surface area contributed by atoms with Gasteiger partial charge in [0.05, 0.1) is 4.47 Å². The van der Waals surface area contributed by atoms with E-state index in [2.05, 4.69) is 26.3 Å². The predicted molar refractivity (Wildman–Crippen MR) is 96.4 cm³/mol. The smallest absolute Gasteiger partial charge is 0.276 e. The Kier molecular flexibility index (Phi) is 5.17. The Hall–Kier alpha value is -2.31. The summed E-state index contributed by atoms with van der Waals surface area (Å²) >= 11 is 9.27. The first-order chi connectivity index (χ1) is 11.6. The first-order valence-corrected chi connectivity index (χ1v) is 8.26. The first-order valence-electron chi connectivity index (χ1n) is 7.09. The quantitative estimate of drug-likeness (QED) is 0.674. The van der Waals surface area contributed by atoms with Crippen LogP contribution in [0.5, 0.6) is 5.75 Å². The van der Waals surface area contributed by atoms with Crippen LogP contribution in [0.1, 0.15) is 10.5 Å². The molecule has 0 fully saturated rings. The van der Waals surface area contributed by atoms with E-state index in [0.717, 1.165) is 10.2 Å². The van der Waals surface area contributed by atoms with Gasteiger partial charge in [-0.15, -0.1) is 0 Å². The third-order valence-electron chi connectivity index (χ3n) is 3.15. The molecule has 0 radical (unpaired) electrons. The minimum atomic E-state index is -0.271. The van der Waals surface area contributed by atoms with Crippen LogP contribution in [-0.4, -0.2) is 15.7 Å². The summed E-state index contributed by atoms with van der Waals surface area (Å²) in [5.41, 5.74) is 1.04. The Balaban J connectivity index is 1.62. The van der Waals surface area contributed by atoms with Gasteiger partial charge in [0, 0.05) is 16.9 Å². The molecule has 3 aromatic rings. The molecule has 0 aliphatic carbocycles. The summed E-state index contributed by atoms with van der Waals surface area (Å²) in [6, 6.07) is 16.1. The van der Waals surface area contributed by atoms with Crippen molar-refractivity contribution in [3.63, 3.8) is 0 Å². The van der Waals surface area contributed by atoms with Crippen LogP contribution in [0, 0.1) is 0 Å². The fourth-order valence-electron chi connectivity index (χ4n) is 2.00. The number of carbonyl (C=O) groups is 1. The highest BCUT2D eigenvalue weighted by Gasteiger charge is 2.10. The molecule has 2 aromatic carbocycles. The van der Waals surface area contributed by atoms with Gasteiger partial charge in [-0.2, -0.15) is 5.10 Å². The van der Waals surface area contributed by atoms with E-state index in [-0.39, 0.29) is 12.6 Å². The van der Waals surface area contributed by atoms with Crippen LogP contribution in [0.2, 0.25) is 5.02 Å². The van der Waals surface area contributed by atoms with E-state index in [9.17, 15) is 4.79 Å². The van der Waals surface area contributed by atoms with E-state index < -0.39 is 0 Å². The highest BCUT2D eigenvalue weighted by atomic mass is 79.9. The molecule has 0 saturated carbocycles. The summed E-state index contributed by atoms with van der Waals surface area (Å²) in [5.74, 6) is 0.373. The molecule has 0 aliphatic heterocycles. The Morgan fingerprint density at radius 3 is 2.75 bits per heavy atom. The SMILES string of the molecule is O=C(Nc1ccccc1)c1ccn(COc2ccc(Cl)cc2Br)n1. The van der Waals surface area contributed by atoms with Crippen LogP contribution in [0.15, 0.2) is 65.3 Å². The topological polar surface area (TPSA) is 56.2 Å². The lowest BCUT2D eigenvalue weighted by Crippen LogP contribution is -2.14. The third kappa shape index (κ3) is 4.15. The Morgan fingerprint density at radius 2 is 2.00 bits per heavy atom. The number of hydrogen-bond donors (Lipinski definition) is 1. The number of para-hydroxylation sites is 1. The lowest BCUT2D eigenvalue weighted by atomic mass is 10.3. The fraction of sp³-hybridized carbons (Fsp3) is 0.0588. The largest absolute Gasteiger partial charge is 0.470 e. The number of rotatable bonds is 5. The van der Waals surface area contributed by atoms with Gasteiger partial charge in [-0.05, 0) is 52.3 Å². The molecule has 5 nitrogen and oxygen atoms in total. The van der Waals surface area contributed by atoms with E-state index >= 15 is 0 Å². The Bertz CT molecular complexity index is 852. The number of nitrogens with zero attached hydrogens (tertiary/aromatic N) is 2. The molecule has 1 N–H and O–H groups in total. The average Bonchev–Trinajstić information content (AvgIpc) is 3.04. The van der Waals surface area contributed by atoms with Gasteiger partial charge < -0.3 is 10.1 Å². The van der Waals surface area contributed by atoms with Crippen LogP contribution in [0.3, 0.4) is 0 Å². The maximum absolute atomic E-state index is 12.1. The second-order valence-corrected chi connectivity index (χ2v) is 6.20. The lowest BCUT2D eigenvalue weighted by molar-refractivity contribution is 0.102. The minimum absolute atomic E-state index is 0.179. The molecule has 1 heterocycles. The number of aromatic nitrogens is 2. The Morgan fingerprint density at radius 1 is 1.21 bits per heavy atom. The standard InChI is InChI=1S/C17H13BrClN3O2/c18-14-10-12(19)6-7-16(14)24-11-22-9-8-15(21-22)17(23)20-13-4-2-1-3-5-13/h1-10H,11H2,(H,20,23). The van der Waals surface area contributed by atoms with Crippen molar-refractivity contribution in [2.75, 3.05) is 5.32 Å². The fourth-order valence-corrected chi connectivity index (χ4v) is 2.80. The molecule has 3 rings (SSSR count). The van der Waals surface area contributed by atoms with Crippen molar-refractivity contribution in [3.05, 3.63) is 76.0 Å². The molecule has 0 spiro atoms. The monoisotopic (exact) mass is 405 g/mol. The van der Waals surface area contributed by atoms with Gasteiger partial charge >= 0.3 is 0 Å². The molecule has 7 heteroatoms. The molecule has 122 valence electrons. The number of anilines is 1. The zero-order valence-electron chi connectivity index (χ0n) is 12.4. The van der Waals surface area contributed by atoms with E-state index in [4.69, 9.17) is 16.3 Å². The van der Waals surface area contributed by atoms with E-state index in [1.54, 1.807) is 35.1 Å².